The highest BCUT2D eigenvalue weighted by Gasteiger charge is 2.27. The number of halogens is 3. The quantitative estimate of drug-likeness (QED) is 0.647. The summed E-state index contributed by atoms with van der Waals surface area (Å²) in [5.41, 5.74) is 8.58. The molecule has 0 saturated heterocycles. The first-order valence-corrected chi connectivity index (χ1v) is 6.00. The van der Waals surface area contributed by atoms with E-state index in [-0.39, 0.29) is 13.0 Å². The van der Waals surface area contributed by atoms with Gasteiger partial charge in [0.25, 0.3) is 0 Å². The van der Waals surface area contributed by atoms with Gasteiger partial charge in [-0.05, 0) is 37.1 Å². The number of nitrogens with two attached hydrogens (primary N) is 1. The van der Waals surface area contributed by atoms with Gasteiger partial charge in [-0.25, -0.2) is 0 Å². The van der Waals surface area contributed by atoms with Crippen LogP contribution in [0, 0.1) is 13.8 Å². The Kier molecular flexibility index (Phi) is 5.38. The Morgan fingerprint density at radius 1 is 1.30 bits per heavy atom. The predicted octanol–water partition coefficient (Wildman–Crippen LogP) is 2.79. The van der Waals surface area contributed by atoms with Crippen molar-refractivity contribution in [1.82, 2.24) is 0 Å². The molecule has 1 amide bonds. The van der Waals surface area contributed by atoms with Gasteiger partial charge in [-0.3, -0.25) is 4.79 Å². The second-order valence-corrected chi connectivity index (χ2v) is 4.49. The van der Waals surface area contributed by atoms with E-state index < -0.39 is 18.7 Å². The molecular formula is C13H17F3N2O2. The zero-order valence-electron chi connectivity index (χ0n) is 11.3. The first kappa shape index (κ1) is 16.3. The molecule has 0 fully saturated rings. The molecule has 0 unspecified atom stereocenters. The number of nitrogens with one attached hydrogen (secondary N) is 1. The molecule has 0 aliphatic carbocycles. The van der Waals surface area contributed by atoms with Gasteiger partial charge in [-0.1, -0.05) is 0 Å². The topological polar surface area (TPSA) is 64.3 Å². The van der Waals surface area contributed by atoms with Gasteiger partial charge in [0.15, 0.2) is 0 Å². The summed E-state index contributed by atoms with van der Waals surface area (Å²) in [6.45, 7) is 2.11. The summed E-state index contributed by atoms with van der Waals surface area (Å²) in [6.07, 6.45) is -4.54. The van der Waals surface area contributed by atoms with E-state index in [0.717, 1.165) is 11.1 Å². The van der Waals surface area contributed by atoms with Crippen LogP contribution in [0.4, 0.5) is 24.5 Å². The maximum atomic E-state index is 11.8. The Morgan fingerprint density at radius 3 is 2.50 bits per heavy atom. The van der Waals surface area contributed by atoms with Crippen molar-refractivity contribution in [3.63, 3.8) is 0 Å². The first-order valence-electron chi connectivity index (χ1n) is 6.00. The molecule has 3 N–H and O–H groups in total. The number of hydrogen-bond acceptors (Lipinski definition) is 3. The lowest BCUT2D eigenvalue weighted by Crippen LogP contribution is -2.20. The molecule has 112 valence electrons. The minimum Gasteiger partial charge on any atom is -0.397 e. The summed E-state index contributed by atoms with van der Waals surface area (Å²) >= 11 is 0. The first-order chi connectivity index (χ1) is 9.19. The van der Waals surface area contributed by atoms with Gasteiger partial charge in [0.1, 0.15) is 6.61 Å². The van der Waals surface area contributed by atoms with Crippen molar-refractivity contribution in [2.24, 2.45) is 0 Å². The van der Waals surface area contributed by atoms with Crippen LogP contribution in [0.1, 0.15) is 17.5 Å². The Balaban J connectivity index is 2.45. The van der Waals surface area contributed by atoms with E-state index >= 15 is 0 Å². The Hall–Kier alpha value is -1.76. The van der Waals surface area contributed by atoms with E-state index in [4.69, 9.17) is 5.73 Å². The van der Waals surface area contributed by atoms with Crippen molar-refractivity contribution >= 4 is 17.3 Å². The van der Waals surface area contributed by atoms with Crippen molar-refractivity contribution in [2.45, 2.75) is 26.4 Å². The smallest absolute Gasteiger partial charge is 0.397 e. The number of carbonyl (C=O) groups excluding carboxylic acids is 1. The molecule has 0 saturated carbocycles. The highest BCUT2D eigenvalue weighted by Crippen LogP contribution is 2.23. The maximum Gasteiger partial charge on any atom is 0.411 e. The van der Waals surface area contributed by atoms with Crippen LogP contribution in [0.2, 0.25) is 0 Å². The number of benzene rings is 1. The van der Waals surface area contributed by atoms with Crippen LogP contribution in [0.3, 0.4) is 0 Å². The number of nitrogen functional groups attached to an aromatic ring is 1. The number of anilines is 2. The third-order valence-corrected chi connectivity index (χ3v) is 2.68. The fraction of sp³-hybridized carbons (Fsp3) is 0.462. The molecule has 0 radical (unpaired) electrons. The van der Waals surface area contributed by atoms with Crippen LogP contribution in [0.5, 0.6) is 0 Å². The fourth-order valence-electron chi connectivity index (χ4n) is 1.51. The van der Waals surface area contributed by atoms with Crippen molar-refractivity contribution in [3.8, 4) is 0 Å². The highest BCUT2D eigenvalue weighted by atomic mass is 19.4. The average Bonchev–Trinajstić information content (AvgIpc) is 2.30. The average molecular weight is 290 g/mol. The highest BCUT2D eigenvalue weighted by molar-refractivity contribution is 5.94. The second-order valence-electron chi connectivity index (χ2n) is 4.49. The van der Waals surface area contributed by atoms with Gasteiger partial charge in [0.2, 0.25) is 5.91 Å². The number of amides is 1. The van der Waals surface area contributed by atoms with E-state index in [2.05, 4.69) is 10.1 Å². The molecule has 20 heavy (non-hydrogen) atoms. The minimum absolute atomic E-state index is 0.164. The van der Waals surface area contributed by atoms with Crippen LogP contribution in [-0.4, -0.2) is 25.3 Å². The number of aryl methyl sites for hydroxylation is 2. The van der Waals surface area contributed by atoms with Crippen LogP contribution >= 0.6 is 0 Å². The third kappa shape index (κ3) is 5.48. The van der Waals surface area contributed by atoms with E-state index in [9.17, 15) is 18.0 Å². The lowest BCUT2D eigenvalue weighted by atomic mass is 10.1. The Bertz CT molecular complexity index is 487. The van der Waals surface area contributed by atoms with Gasteiger partial charge < -0.3 is 15.8 Å². The van der Waals surface area contributed by atoms with Crippen molar-refractivity contribution in [3.05, 3.63) is 23.3 Å². The van der Waals surface area contributed by atoms with Gasteiger partial charge in [0, 0.05) is 0 Å². The fourth-order valence-corrected chi connectivity index (χ4v) is 1.51. The molecule has 0 aliphatic heterocycles. The summed E-state index contributed by atoms with van der Waals surface area (Å²) < 4.78 is 39.8. The van der Waals surface area contributed by atoms with E-state index in [1.807, 2.05) is 13.8 Å². The Labute approximate surface area is 115 Å². The predicted molar refractivity (Wildman–Crippen MR) is 70.4 cm³/mol. The molecule has 0 aromatic heterocycles. The van der Waals surface area contributed by atoms with Crippen LogP contribution in [0.25, 0.3) is 0 Å². The molecule has 0 bridgehead atoms. The minimum atomic E-state index is -4.38. The van der Waals surface area contributed by atoms with Gasteiger partial charge in [0.05, 0.1) is 24.4 Å². The van der Waals surface area contributed by atoms with Gasteiger partial charge >= 0.3 is 6.18 Å². The summed E-state index contributed by atoms with van der Waals surface area (Å²) in [5.74, 6) is -0.442. The molecule has 0 spiro atoms. The van der Waals surface area contributed by atoms with Gasteiger partial charge in [-0.15, -0.1) is 0 Å². The lowest BCUT2D eigenvalue weighted by Gasteiger charge is -2.11. The number of carbonyl (C=O) groups is 1. The molecule has 0 aliphatic rings. The summed E-state index contributed by atoms with van der Waals surface area (Å²) in [4.78, 5) is 11.6. The standard InChI is InChI=1S/C13H17F3N2O2/c1-8-5-10(17)11(6-9(8)2)18-12(19)3-4-20-7-13(14,15)16/h5-6H,3-4,7,17H2,1-2H3,(H,18,19). The van der Waals surface area contributed by atoms with Crippen LogP contribution in [-0.2, 0) is 9.53 Å². The zero-order valence-corrected chi connectivity index (χ0v) is 11.3. The summed E-state index contributed by atoms with van der Waals surface area (Å²) in [7, 11) is 0. The molecule has 0 atom stereocenters. The molecule has 1 rings (SSSR count). The normalized spacial score (nSPS) is 11.4. The SMILES string of the molecule is Cc1cc(N)c(NC(=O)CCOCC(F)(F)F)cc1C. The van der Waals surface area contributed by atoms with E-state index in [0.29, 0.717) is 11.4 Å². The number of hydrogen-bond donors (Lipinski definition) is 2. The molecular weight excluding hydrogens is 273 g/mol. The third-order valence-electron chi connectivity index (χ3n) is 2.68. The molecule has 1 aromatic carbocycles. The molecule has 1 aromatic rings. The van der Waals surface area contributed by atoms with Gasteiger partial charge in [-0.2, -0.15) is 13.2 Å². The van der Waals surface area contributed by atoms with E-state index in [1.54, 1.807) is 12.1 Å². The van der Waals surface area contributed by atoms with Crippen molar-refractivity contribution < 1.29 is 22.7 Å². The second kappa shape index (κ2) is 6.60. The van der Waals surface area contributed by atoms with Crippen molar-refractivity contribution in [2.75, 3.05) is 24.3 Å². The summed E-state index contributed by atoms with van der Waals surface area (Å²) in [5, 5.41) is 2.55. The maximum absolute atomic E-state index is 11.8. The zero-order chi connectivity index (χ0) is 15.3. The van der Waals surface area contributed by atoms with Crippen LogP contribution < -0.4 is 11.1 Å². The van der Waals surface area contributed by atoms with Crippen LogP contribution in [0.15, 0.2) is 12.1 Å². The summed E-state index contributed by atoms with van der Waals surface area (Å²) in [6, 6.07) is 3.45. The lowest BCUT2D eigenvalue weighted by molar-refractivity contribution is -0.174. The monoisotopic (exact) mass is 290 g/mol. The van der Waals surface area contributed by atoms with E-state index in [1.165, 1.54) is 0 Å². The Morgan fingerprint density at radius 2 is 1.90 bits per heavy atom. The number of ether oxygens (including phenoxy) is 1. The number of rotatable bonds is 5. The largest absolute Gasteiger partial charge is 0.411 e. The molecule has 4 nitrogen and oxygen atoms in total. The molecule has 7 heteroatoms. The number of alkyl halides is 3. The van der Waals surface area contributed by atoms with Crippen molar-refractivity contribution in [1.29, 1.82) is 0 Å². The molecule has 0 heterocycles.